The summed E-state index contributed by atoms with van der Waals surface area (Å²) in [5.74, 6) is 1.26. The minimum absolute atomic E-state index is 0.00768. The Labute approximate surface area is 98.7 Å². The van der Waals surface area contributed by atoms with E-state index in [9.17, 15) is 0 Å². The van der Waals surface area contributed by atoms with Crippen LogP contribution in [0.2, 0.25) is 5.02 Å². The normalized spacial score (nSPS) is 16.2. The van der Waals surface area contributed by atoms with Gasteiger partial charge in [0.15, 0.2) is 5.84 Å². The van der Waals surface area contributed by atoms with Crippen molar-refractivity contribution in [2.75, 3.05) is 6.61 Å². The van der Waals surface area contributed by atoms with Gasteiger partial charge >= 0.3 is 0 Å². The van der Waals surface area contributed by atoms with Gasteiger partial charge in [0.1, 0.15) is 5.75 Å². The van der Waals surface area contributed by atoms with Crippen LogP contribution in [0.3, 0.4) is 0 Å². The summed E-state index contributed by atoms with van der Waals surface area (Å²) in [6, 6.07) is 5.08. The standard InChI is InChI=1S/C11H13ClN2O2/c12-8-3-4-10(16-6-7-1-2-7)9(5-8)11(13)14-15/h3-5,7,15H,1-2,6H2,(H2,13,14). The maximum Gasteiger partial charge on any atom is 0.173 e. The van der Waals surface area contributed by atoms with Gasteiger partial charge in [0.05, 0.1) is 12.2 Å². The summed E-state index contributed by atoms with van der Waals surface area (Å²) in [5, 5.41) is 12.1. The molecule has 1 aliphatic rings. The average Bonchev–Trinajstić information content (AvgIpc) is 3.10. The molecule has 0 aromatic heterocycles. The van der Waals surface area contributed by atoms with Crippen LogP contribution in [-0.2, 0) is 0 Å². The van der Waals surface area contributed by atoms with Gasteiger partial charge in [-0.1, -0.05) is 16.8 Å². The number of halogens is 1. The topological polar surface area (TPSA) is 67.8 Å². The molecule has 1 aromatic carbocycles. The van der Waals surface area contributed by atoms with E-state index in [4.69, 9.17) is 27.3 Å². The molecule has 0 spiro atoms. The van der Waals surface area contributed by atoms with Gasteiger partial charge in [-0.05, 0) is 37.0 Å². The molecule has 1 saturated carbocycles. The van der Waals surface area contributed by atoms with Crippen LogP contribution in [0.1, 0.15) is 18.4 Å². The van der Waals surface area contributed by atoms with E-state index in [1.165, 1.54) is 12.8 Å². The predicted molar refractivity (Wildman–Crippen MR) is 62.2 cm³/mol. The molecular formula is C11H13ClN2O2. The summed E-state index contributed by atoms with van der Waals surface area (Å²) < 4.78 is 5.61. The van der Waals surface area contributed by atoms with Crippen molar-refractivity contribution >= 4 is 17.4 Å². The van der Waals surface area contributed by atoms with Crippen molar-refractivity contribution in [1.82, 2.24) is 0 Å². The number of amidine groups is 1. The minimum Gasteiger partial charge on any atom is -0.493 e. The van der Waals surface area contributed by atoms with Crippen molar-refractivity contribution in [3.63, 3.8) is 0 Å². The monoisotopic (exact) mass is 240 g/mol. The van der Waals surface area contributed by atoms with Crippen LogP contribution in [0, 0.1) is 5.92 Å². The van der Waals surface area contributed by atoms with Gasteiger partial charge in [0, 0.05) is 5.02 Å². The van der Waals surface area contributed by atoms with Crippen LogP contribution in [0.5, 0.6) is 5.75 Å². The average molecular weight is 241 g/mol. The fraction of sp³-hybridized carbons (Fsp3) is 0.364. The molecular weight excluding hydrogens is 228 g/mol. The lowest BCUT2D eigenvalue weighted by molar-refractivity contribution is 0.297. The molecule has 0 bridgehead atoms. The first-order valence-corrected chi connectivity index (χ1v) is 5.48. The number of nitrogens with zero attached hydrogens (tertiary/aromatic N) is 1. The molecule has 0 heterocycles. The van der Waals surface area contributed by atoms with E-state index < -0.39 is 0 Å². The smallest absolute Gasteiger partial charge is 0.173 e. The molecule has 0 saturated heterocycles. The molecule has 0 aliphatic heterocycles. The summed E-state index contributed by atoms with van der Waals surface area (Å²) in [7, 11) is 0. The van der Waals surface area contributed by atoms with Crippen molar-refractivity contribution in [1.29, 1.82) is 0 Å². The SMILES string of the molecule is NC(=NO)c1cc(Cl)ccc1OCC1CC1. The Morgan fingerprint density at radius 2 is 2.31 bits per heavy atom. The molecule has 3 N–H and O–H groups in total. The van der Waals surface area contributed by atoms with Crippen molar-refractivity contribution < 1.29 is 9.94 Å². The number of benzene rings is 1. The zero-order valence-corrected chi connectivity index (χ0v) is 9.44. The van der Waals surface area contributed by atoms with E-state index in [1.54, 1.807) is 18.2 Å². The van der Waals surface area contributed by atoms with Crippen LogP contribution < -0.4 is 10.5 Å². The Hall–Kier alpha value is -1.42. The van der Waals surface area contributed by atoms with Crippen LogP contribution in [0.15, 0.2) is 23.4 Å². The molecule has 4 nitrogen and oxygen atoms in total. The van der Waals surface area contributed by atoms with E-state index in [0.29, 0.717) is 28.9 Å². The lowest BCUT2D eigenvalue weighted by atomic mass is 10.2. The first kappa shape index (κ1) is 11.1. The molecule has 0 radical (unpaired) electrons. The van der Waals surface area contributed by atoms with Gasteiger partial charge in [-0.3, -0.25) is 0 Å². The number of ether oxygens (including phenoxy) is 1. The van der Waals surface area contributed by atoms with Crippen LogP contribution in [0.25, 0.3) is 0 Å². The highest BCUT2D eigenvalue weighted by atomic mass is 35.5. The third-order valence-corrected chi connectivity index (χ3v) is 2.73. The summed E-state index contributed by atoms with van der Waals surface area (Å²) in [5.41, 5.74) is 6.07. The fourth-order valence-electron chi connectivity index (χ4n) is 1.37. The maximum absolute atomic E-state index is 8.66. The van der Waals surface area contributed by atoms with Gasteiger partial charge in [0.2, 0.25) is 0 Å². The Kier molecular flexibility index (Phi) is 3.19. The molecule has 5 heteroatoms. The van der Waals surface area contributed by atoms with Crippen LogP contribution in [-0.4, -0.2) is 17.6 Å². The largest absolute Gasteiger partial charge is 0.493 e. The van der Waals surface area contributed by atoms with Crippen LogP contribution >= 0.6 is 11.6 Å². The van der Waals surface area contributed by atoms with E-state index in [2.05, 4.69) is 5.16 Å². The second kappa shape index (κ2) is 4.61. The van der Waals surface area contributed by atoms with E-state index >= 15 is 0 Å². The summed E-state index contributed by atoms with van der Waals surface area (Å²) >= 11 is 5.85. The van der Waals surface area contributed by atoms with Gasteiger partial charge < -0.3 is 15.7 Å². The second-order valence-corrected chi connectivity index (χ2v) is 4.32. The van der Waals surface area contributed by atoms with Gasteiger partial charge in [-0.25, -0.2) is 0 Å². The Morgan fingerprint density at radius 1 is 1.56 bits per heavy atom. The summed E-state index contributed by atoms with van der Waals surface area (Å²) in [6.45, 7) is 0.674. The van der Waals surface area contributed by atoms with Gasteiger partial charge in [0.25, 0.3) is 0 Å². The third kappa shape index (κ3) is 2.58. The van der Waals surface area contributed by atoms with Gasteiger partial charge in [-0.15, -0.1) is 0 Å². The van der Waals surface area contributed by atoms with Crippen molar-refractivity contribution in [2.24, 2.45) is 16.8 Å². The van der Waals surface area contributed by atoms with Crippen LogP contribution in [0.4, 0.5) is 0 Å². The maximum atomic E-state index is 8.66. The lowest BCUT2D eigenvalue weighted by Crippen LogP contribution is -2.15. The molecule has 86 valence electrons. The van der Waals surface area contributed by atoms with E-state index in [-0.39, 0.29) is 5.84 Å². The Morgan fingerprint density at radius 3 is 2.94 bits per heavy atom. The third-order valence-electron chi connectivity index (χ3n) is 2.50. The highest BCUT2D eigenvalue weighted by Gasteiger charge is 2.22. The number of oxime groups is 1. The first-order valence-electron chi connectivity index (χ1n) is 5.11. The Bertz CT molecular complexity index is 416. The Balaban J connectivity index is 2.20. The molecule has 0 atom stereocenters. The summed E-state index contributed by atoms with van der Waals surface area (Å²) in [4.78, 5) is 0. The number of hydrogen-bond acceptors (Lipinski definition) is 3. The van der Waals surface area contributed by atoms with E-state index in [1.807, 2.05) is 0 Å². The molecule has 1 aliphatic carbocycles. The number of rotatable bonds is 4. The van der Waals surface area contributed by atoms with E-state index in [0.717, 1.165) is 0 Å². The minimum atomic E-state index is 0.00768. The zero-order valence-electron chi connectivity index (χ0n) is 8.69. The molecule has 1 fully saturated rings. The lowest BCUT2D eigenvalue weighted by Gasteiger charge is -2.10. The predicted octanol–water partition coefficient (Wildman–Crippen LogP) is 2.22. The summed E-state index contributed by atoms with van der Waals surface area (Å²) in [6.07, 6.45) is 2.43. The highest BCUT2D eigenvalue weighted by Crippen LogP contribution is 2.31. The quantitative estimate of drug-likeness (QED) is 0.367. The number of nitrogens with two attached hydrogens (primary N) is 1. The van der Waals surface area contributed by atoms with Gasteiger partial charge in [-0.2, -0.15) is 0 Å². The molecule has 16 heavy (non-hydrogen) atoms. The highest BCUT2D eigenvalue weighted by molar-refractivity contribution is 6.31. The molecule has 0 amide bonds. The molecule has 0 unspecified atom stereocenters. The molecule has 1 aromatic rings. The zero-order chi connectivity index (χ0) is 11.5. The van der Waals surface area contributed by atoms with Crippen molar-refractivity contribution in [2.45, 2.75) is 12.8 Å². The molecule has 2 rings (SSSR count). The van der Waals surface area contributed by atoms with Crippen molar-refractivity contribution in [3.8, 4) is 5.75 Å². The van der Waals surface area contributed by atoms with Crippen molar-refractivity contribution in [3.05, 3.63) is 28.8 Å². The first-order chi connectivity index (χ1) is 7.70. The fourth-order valence-corrected chi connectivity index (χ4v) is 1.55. The number of hydrogen-bond donors (Lipinski definition) is 2. The second-order valence-electron chi connectivity index (χ2n) is 3.88.